The molecule has 146 valence electrons. The predicted octanol–water partition coefficient (Wildman–Crippen LogP) is 8.30. The van der Waals surface area contributed by atoms with Crippen molar-refractivity contribution in [3.63, 3.8) is 0 Å². The number of rotatable bonds is 7. The molecule has 2 aliphatic rings. The van der Waals surface area contributed by atoms with Crippen LogP contribution in [-0.2, 0) is 6.42 Å². The van der Waals surface area contributed by atoms with Gasteiger partial charge < -0.3 is 0 Å². The quantitative estimate of drug-likeness (QED) is 0.462. The summed E-state index contributed by atoms with van der Waals surface area (Å²) in [5.41, 5.74) is 3.80. The first-order valence-corrected chi connectivity index (χ1v) is 11.7. The lowest BCUT2D eigenvalue weighted by Gasteiger charge is -2.37. The van der Waals surface area contributed by atoms with Crippen LogP contribution in [0.3, 0.4) is 0 Å². The van der Waals surface area contributed by atoms with Crippen molar-refractivity contribution in [2.24, 2.45) is 17.3 Å². The normalized spacial score (nSPS) is 32.5. The second kappa shape index (κ2) is 9.43. The summed E-state index contributed by atoms with van der Waals surface area (Å²) in [6.07, 6.45) is 18.4. The van der Waals surface area contributed by atoms with Crippen LogP contribution in [0.5, 0.6) is 0 Å². The van der Waals surface area contributed by atoms with Crippen LogP contribution >= 0.6 is 0 Å². The van der Waals surface area contributed by atoms with E-state index in [-0.39, 0.29) is 0 Å². The van der Waals surface area contributed by atoms with Crippen molar-refractivity contribution >= 4 is 0 Å². The van der Waals surface area contributed by atoms with Gasteiger partial charge in [-0.15, -0.1) is 0 Å². The highest BCUT2D eigenvalue weighted by Crippen LogP contribution is 2.45. The fourth-order valence-corrected chi connectivity index (χ4v) is 5.76. The van der Waals surface area contributed by atoms with Crippen molar-refractivity contribution in [3.05, 3.63) is 35.4 Å². The topological polar surface area (TPSA) is 0 Å². The molecule has 2 saturated carbocycles. The van der Waals surface area contributed by atoms with E-state index in [4.69, 9.17) is 0 Å². The van der Waals surface area contributed by atoms with Crippen molar-refractivity contribution in [3.8, 4) is 0 Å². The summed E-state index contributed by atoms with van der Waals surface area (Å²) in [5, 5.41) is 0. The van der Waals surface area contributed by atoms with Gasteiger partial charge >= 0.3 is 0 Å². The Bertz CT molecular complexity index is 509. The second-order valence-electron chi connectivity index (χ2n) is 9.91. The molecule has 26 heavy (non-hydrogen) atoms. The van der Waals surface area contributed by atoms with E-state index in [9.17, 15) is 0 Å². The van der Waals surface area contributed by atoms with Gasteiger partial charge in [-0.25, -0.2) is 0 Å². The molecule has 0 N–H and O–H groups in total. The molecule has 1 aromatic carbocycles. The number of hydrogen-bond donors (Lipinski definition) is 0. The molecule has 2 aliphatic carbocycles. The van der Waals surface area contributed by atoms with Crippen LogP contribution in [0.4, 0.5) is 0 Å². The third kappa shape index (κ3) is 5.37. The van der Waals surface area contributed by atoms with Crippen LogP contribution in [0, 0.1) is 17.3 Å². The van der Waals surface area contributed by atoms with E-state index in [1.54, 1.807) is 11.1 Å². The van der Waals surface area contributed by atoms with Crippen LogP contribution in [-0.4, -0.2) is 0 Å². The van der Waals surface area contributed by atoms with Gasteiger partial charge in [0.2, 0.25) is 0 Å². The molecule has 0 spiro atoms. The number of aryl methyl sites for hydroxylation is 1. The smallest absolute Gasteiger partial charge is 0.0162 e. The average Bonchev–Trinajstić information content (AvgIpc) is 2.68. The summed E-state index contributed by atoms with van der Waals surface area (Å²) >= 11 is 0. The zero-order valence-corrected chi connectivity index (χ0v) is 17.7. The number of benzene rings is 1. The second-order valence-corrected chi connectivity index (χ2v) is 9.91. The molecule has 0 bridgehead atoms. The van der Waals surface area contributed by atoms with E-state index in [1.807, 2.05) is 0 Å². The highest BCUT2D eigenvalue weighted by molar-refractivity contribution is 5.26. The van der Waals surface area contributed by atoms with Crippen LogP contribution in [0.2, 0.25) is 0 Å². The Morgan fingerprint density at radius 2 is 1.46 bits per heavy atom. The zero-order valence-electron chi connectivity index (χ0n) is 17.7. The molecule has 0 aromatic heterocycles. The maximum atomic E-state index is 2.52. The summed E-state index contributed by atoms with van der Waals surface area (Å²) in [4.78, 5) is 0. The van der Waals surface area contributed by atoms with E-state index < -0.39 is 0 Å². The van der Waals surface area contributed by atoms with Crippen LogP contribution in [0.15, 0.2) is 24.3 Å². The molecule has 0 radical (unpaired) electrons. The minimum Gasteiger partial charge on any atom is -0.0654 e. The molecule has 0 nitrogen and oxygen atoms in total. The number of hydrogen-bond acceptors (Lipinski definition) is 0. The molecule has 1 aromatic rings. The van der Waals surface area contributed by atoms with E-state index in [1.165, 1.54) is 83.5 Å². The van der Waals surface area contributed by atoms with Crippen molar-refractivity contribution in [1.82, 2.24) is 0 Å². The molecule has 2 fully saturated rings. The Morgan fingerprint density at radius 1 is 0.846 bits per heavy atom. The lowest BCUT2D eigenvalue weighted by atomic mass is 9.68. The lowest BCUT2D eigenvalue weighted by molar-refractivity contribution is 0.182. The maximum absolute atomic E-state index is 2.52. The highest BCUT2D eigenvalue weighted by atomic mass is 14.4. The molecule has 0 amide bonds. The van der Waals surface area contributed by atoms with Gasteiger partial charge in [0.15, 0.2) is 0 Å². The molecular formula is C26H42. The average molecular weight is 355 g/mol. The SMILES string of the molecule is CCCC1(C)CCC(c2ccc(CC[C@H]3CC[C@H](CC)CC3)cc2)CC1. The van der Waals surface area contributed by atoms with Gasteiger partial charge in [-0.05, 0) is 79.2 Å². The molecule has 0 unspecified atom stereocenters. The van der Waals surface area contributed by atoms with Crippen LogP contribution < -0.4 is 0 Å². The summed E-state index contributed by atoms with van der Waals surface area (Å²) in [6, 6.07) is 9.78. The van der Waals surface area contributed by atoms with E-state index in [0.717, 1.165) is 17.8 Å². The minimum atomic E-state index is 0.627. The Labute approximate surface area is 163 Å². The Hall–Kier alpha value is -0.780. The Kier molecular flexibility index (Phi) is 7.24. The molecule has 0 heterocycles. The molecule has 0 atom stereocenters. The van der Waals surface area contributed by atoms with Gasteiger partial charge in [0.1, 0.15) is 0 Å². The summed E-state index contributed by atoms with van der Waals surface area (Å²) in [5.74, 6) is 2.84. The predicted molar refractivity (Wildman–Crippen MR) is 115 cm³/mol. The van der Waals surface area contributed by atoms with Crippen molar-refractivity contribution < 1.29 is 0 Å². The third-order valence-corrected chi connectivity index (χ3v) is 7.88. The molecular weight excluding hydrogens is 312 g/mol. The van der Waals surface area contributed by atoms with Crippen molar-refractivity contribution in [2.45, 2.75) is 110 Å². The monoisotopic (exact) mass is 354 g/mol. The third-order valence-electron chi connectivity index (χ3n) is 7.88. The van der Waals surface area contributed by atoms with Crippen molar-refractivity contribution in [1.29, 1.82) is 0 Å². The zero-order chi connectivity index (χ0) is 18.4. The summed E-state index contributed by atoms with van der Waals surface area (Å²) in [6.45, 7) is 7.22. The summed E-state index contributed by atoms with van der Waals surface area (Å²) in [7, 11) is 0. The standard InChI is InChI=1S/C26H42/c1-4-18-26(3)19-16-25(17-20-26)24-14-12-23(13-15-24)11-10-22-8-6-21(5-2)7-9-22/h12-15,21-22,25H,4-11,16-20H2,1-3H3/t21-,22-,25?,26?. The Morgan fingerprint density at radius 3 is 2.04 bits per heavy atom. The maximum Gasteiger partial charge on any atom is -0.0162 e. The van der Waals surface area contributed by atoms with Gasteiger partial charge in [-0.3, -0.25) is 0 Å². The molecule has 0 heteroatoms. The largest absolute Gasteiger partial charge is 0.0654 e. The fraction of sp³-hybridized carbons (Fsp3) is 0.769. The Balaban J connectivity index is 1.44. The van der Waals surface area contributed by atoms with E-state index in [2.05, 4.69) is 45.0 Å². The molecule has 3 rings (SSSR count). The van der Waals surface area contributed by atoms with Gasteiger partial charge in [0, 0.05) is 0 Å². The van der Waals surface area contributed by atoms with Gasteiger partial charge in [-0.2, -0.15) is 0 Å². The van der Waals surface area contributed by atoms with Gasteiger partial charge in [0.25, 0.3) is 0 Å². The first-order valence-electron chi connectivity index (χ1n) is 11.7. The fourth-order valence-electron chi connectivity index (χ4n) is 5.76. The molecule has 0 saturated heterocycles. The van der Waals surface area contributed by atoms with E-state index in [0.29, 0.717) is 5.41 Å². The summed E-state index contributed by atoms with van der Waals surface area (Å²) < 4.78 is 0. The van der Waals surface area contributed by atoms with Crippen LogP contribution in [0.25, 0.3) is 0 Å². The first-order chi connectivity index (χ1) is 12.6. The van der Waals surface area contributed by atoms with Gasteiger partial charge in [0.05, 0.1) is 0 Å². The van der Waals surface area contributed by atoms with E-state index >= 15 is 0 Å². The van der Waals surface area contributed by atoms with Crippen molar-refractivity contribution in [2.75, 3.05) is 0 Å². The lowest BCUT2D eigenvalue weighted by Crippen LogP contribution is -2.23. The minimum absolute atomic E-state index is 0.627. The van der Waals surface area contributed by atoms with Gasteiger partial charge in [-0.1, -0.05) is 83.6 Å². The highest BCUT2D eigenvalue weighted by Gasteiger charge is 2.30. The van der Waals surface area contributed by atoms with Crippen LogP contribution in [0.1, 0.15) is 115 Å². The molecule has 0 aliphatic heterocycles. The first kappa shape index (κ1) is 20.0.